The number of benzene rings is 1. The first-order chi connectivity index (χ1) is 7.24. The van der Waals surface area contributed by atoms with Gasteiger partial charge in [-0.3, -0.25) is 0 Å². The zero-order valence-corrected chi connectivity index (χ0v) is 8.94. The Morgan fingerprint density at radius 3 is 2.60 bits per heavy atom. The van der Waals surface area contributed by atoms with Gasteiger partial charge in [-0.2, -0.15) is 5.26 Å². The molecular formula is C13H15NO. The Bertz CT molecular complexity index is 351. The van der Waals surface area contributed by atoms with Crippen molar-refractivity contribution in [1.29, 1.82) is 5.26 Å². The molecule has 78 valence electrons. The van der Waals surface area contributed by atoms with Crippen molar-refractivity contribution in [3.05, 3.63) is 35.9 Å². The summed E-state index contributed by atoms with van der Waals surface area (Å²) in [5.41, 5.74) is 1.16. The highest BCUT2D eigenvalue weighted by atomic mass is 16.1. The van der Waals surface area contributed by atoms with Crippen LogP contribution in [0, 0.1) is 11.3 Å². The monoisotopic (exact) mass is 201 g/mol. The van der Waals surface area contributed by atoms with Crippen LogP contribution in [0.25, 0.3) is 0 Å². The highest BCUT2D eigenvalue weighted by molar-refractivity contribution is 5.76. The number of carbonyl (C=O) groups is 1. The summed E-state index contributed by atoms with van der Waals surface area (Å²) in [6.07, 6.45) is 1.80. The minimum Gasteiger partial charge on any atom is -0.300 e. The SMILES string of the molecule is CC(=O)CC(CCC#N)c1ccccc1. The quantitative estimate of drug-likeness (QED) is 0.734. The molecule has 0 aliphatic carbocycles. The van der Waals surface area contributed by atoms with E-state index in [2.05, 4.69) is 6.07 Å². The molecule has 0 aliphatic heterocycles. The lowest BCUT2D eigenvalue weighted by Crippen LogP contribution is -2.04. The molecule has 0 aliphatic rings. The van der Waals surface area contributed by atoms with E-state index in [1.54, 1.807) is 6.92 Å². The molecule has 1 aromatic carbocycles. The molecule has 1 aromatic rings. The zero-order chi connectivity index (χ0) is 11.1. The Balaban J connectivity index is 2.72. The van der Waals surface area contributed by atoms with Crippen LogP contribution in [0.4, 0.5) is 0 Å². The third-order valence-electron chi connectivity index (χ3n) is 2.41. The molecule has 0 saturated heterocycles. The van der Waals surface area contributed by atoms with Gasteiger partial charge >= 0.3 is 0 Å². The Hall–Kier alpha value is -1.62. The van der Waals surface area contributed by atoms with E-state index in [9.17, 15) is 4.79 Å². The maximum Gasteiger partial charge on any atom is 0.130 e. The van der Waals surface area contributed by atoms with Crippen LogP contribution in [0.1, 0.15) is 37.7 Å². The molecule has 1 atom stereocenters. The zero-order valence-electron chi connectivity index (χ0n) is 8.94. The fraction of sp³-hybridized carbons (Fsp3) is 0.385. The highest BCUT2D eigenvalue weighted by Crippen LogP contribution is 2.24. The smallest absolute Gasteiger partial charge is 0.130 e. The summed E-state index contributed by atoms with van der Waals surface area (Å²) >= 11 is 0. The molecule has 0 spiro atoms. The van der Waals surface area contributed by atoms with E-state index < -0.39 is 0 Å². The lowest BCUT2D eigenvalue weighted by atomic mass is 9.90. The van der Waals surface area contributed by atoms with Crippen LogP contribution in [0.2, 0.25) is 0 Å². The predicted octanol–water partition coefficient (Wildman–Crippen LogP) is 3.05. The molecule has 2 heteroatoms. The predicted molar refractivity (Wildman–Crippen MR) is 59.3 cm³/mol. The van der Waals surface area contributed by atoms with Crippen LogP contribution in [0.3, 0.4) is 0 Å². The molecule has 1 unspecified atom stereocenters. The van der Waals surface area contributed by atoms with E-state index in [1.165, 1.54) is 0 Å². The summed E-state index contributed by atoms with van der Waals surface area (Å²) in [5.74, 6) is 0.380. The van der Waals surface area contributed by atoms with E-state index in [1.807, 2.05) is 30.3 Å². The number of nitrogens with zero attached hydrogens (tertiary/aromatic N) is 1. The third kappa shape index (κ3) is 3.95. The van der Waals surface area contributed by atoms with Gasteiger partial charge < -0.3 is 4.79 Å². The normalized spacial score (nSPS) is 11.7. The number of hydrogen-bond acceptors (Lipinski definition) is 2. The molecule has 0 N–H and O–H groups in total. The molecule has 0 saturated carbocycles. The van der Waals surface area contributed by atoms with Gasteiger partial charge in [-0.05, 0) is 24.8 Å². The van der Waals surface area contributed by atoms with Gasteiger partial charge in [0.15, 0.2) is 0 Å². The maximum atomic E-state index is 11.1. The van der Waals surface area contributed by atoms with Crippen molar-refractivity contribution < 1.29 is 4.79 Å². The molecule has 0 bridgehead atoms. The number of ketones is 1. The summed E-state index contributed by atoms with van der Waals surface area (Å²) in [6.45, 7) is 1.60. The van der Waals surface area contributed by atoms with E-state index in [-0.39, 0.29) is 11.7 Å². The topological polar surface area (TPSA) is 40.9 Å². The molecule has 2 nitrogen and oxygen atoms in total. The van der Waals surface area contributed by atoms with Gasteiger partial charge in [0.1, 0.15) is 5.78 Å². The molecule has 0 amide bonds. The number of nitriles is 1. The van der Waals surface area contributed by atoms with E-state index in [0.717, 1.165) is 12.0 Å². The second-order valence-corrected chi connectivity index (χ2v) is 3.71. The average Bonchev–Trinajstić information content (AvgIpc) is 2.25. The third-order valence-corrected chi connectivity index (χ3v) is 2.41. The summed E-state index contributed by atoms with van der Waals surface area (Å²) in [4.78, 5) is 11.1. The summed E-state index contributed by atoms with van der Waals surface area (Å²) in [6, 6.07) is 12.1. The van der Waals surface area contributed by atoms with Crippen molar-refractivity contribution in [3.8, 4) is 6.07 Å². The molecule has 0 fully saturated rings. The molecule has 0 aromatic heterocycles. The maximum absolute atomic E-state index is 11.1. The molecule has 15 heavy (non-hydrogen) atoms. The van der Waals surface area contributed by atoms with Gasteiger partial charge in [0.2, 0.25) is 0 Å². The fourth-order valence-electron chi connectivity index (χ4n) is 1.70. The minimum absolute atomic E-state index is 0.182. The van der Waals surface area contributed by atoms with Gasteiger partial charge in [-0.1, -0.05) is 30.3 Å². The van der Waals surface area contributed by atoms with Crippen LogP contribution in [-0.2, 0) is 4.79 Å². The van der Waals surface area contributed by atoms with Crippen molar-refractivity contribution in [2.24, 2.45) is 0 Å². The minimum atomic E-state index is 0.182. The van der Waals surface area contributed by atoms with E-state index in [0.29, 0.717) is 12.8 Å². The van der Waals surface area contributed by atoms with Crippen LogP contribution in [0.5, 0.6) is 0 Å². The molecule has 0 heterocycles. The second kappa shape index (κ2) is 5.98. The molecular weight excluding hydrogens is 186 g/mol. The van der Waals surface area contributed by atoms with Crippen LogP contribution < -0.4 is 0 Å². The van der Waals surface area contributed by atoms with Crippen LogP contribution in [0.15, 0.2) is 30.3 Å². The summed E-state index contributed by atoms with van der Waals surface area (Å²) in [5, 5.41) is 8.56. The van der Waals surface area contributed by atoms with Crippen LogP contribution >= 0.6 is 0 Å². The first-order valence-electron chi connectivity index (χ1n) is 5.15. The lowest BCUT2D eigenvalue weighted by molar-refractivity contribution is -0.117. The average molecular weight is 201 g/mol. The summed E-state index contributed by atoms with van der Waals surface area (Å²) < 4.78 is 0. The Labute approximate surface area is 90.5 Å². The van der Waals surface area contributed by atoms with Gasteiger partial charge in [0.25, 0.3) is 0 Å². The Morgan fingerprint density at radius 2 is 2.07 bits per heavy atom. The van der Waals surface area contributed by atoms with Gasteiger partial charge in [-0.25, -0.2) is 0 Å². The first kappa shape index (κ1) is 11.5. The van der Waals surface area contributed by atoms with Gasteiger partial charge in [0.05, 0.1) is 6.07 Å². The van der Waals surface area contributed by atoms with Crippen molar-refractivity contribution in [2.45, 2.75) is 32.1 Å². The van der Waals surface area contributed by atoms with Crippen molar-refractivity contribution in [2.75, 3.05) is 0 Å². The molecule has 0 radical (unpaired) electrons. The number of rotatable bonds is 5. The van der Waals surface area contributed by atoms with Gasteiger partial charge in [0, 0.05) is 12.8 Å². The first-order valence-corrected chi connectivity index (χ1v) is 5.15. The fourth-order valence-corrected chi connectivity index (χ4v) is 1.70. The van der Waals surface area contributed by atoms with E-state index in [4.69, 9.17) is 5.26 Å². The lowest BCUT2D eigenvalue weighted by Gasteiger charge is -2.13. The Kier molecular flexibility index (Phi) is 4.56. The van der Waals surface area contributed by atoms with E-state index >= 15 is 0 Å². The second-order valence-electron chi connectivity index (χ2n) is 3.71. The summed E-state index contributed by atoms with van der Waals surface area (Å²) in [7, 11) is 0. The van der Waals surface area contributed by atoms with Crippen molar-refractivity contribution >= 4 is 5.78 Å². The number of Topliss-reactive ketones (excluding diaryl/α,β-unsaturated/α-hetero) is 1. The highest BCUT2D eigenvalue weighted by Gasteiger charge is 2.12. The van der Waals surface area contributed by atoms with Crippen molar-refractivity contribution in [3.63, 3.8) is 0 Å². The standard InChI is InChI=1S/C13H15NO/c1-11(15)10-13(8-5-9-14)12-6-3-2-4-7-12/h2-4,6-7,13H,5,8,10H2,1H3. The van der Waals surface area contributed by atoms with Crippen LogP contribution in [-0.4, -0.2) is 5.78 Å². The van der Waals surface area contributed by atoms with Gasteiger partial charge in [-0.15, -0.1) is 0 Å². The van der Waals surface area contributed by atoms with Crippen molar-refractivity contribution in [1.82, 2.24) is 0 Å². The molecule has 1 rings (SSSR count). The number of hydrogen-bond donors (Lipinski definition) is 0. The largest absolute Gasteiger partial charge is 0.300 e. The number of carbonyl (C=O) groups excluding carboxylic acids is 1. The Morgan fingerprint density at radius 1 is 1.40 bits per heavy atom.